The van der Waals surface area contributed by atoms with Crippen LogP contribution in [0, 0.1) is 0 Å². The molecule has 0 aliphatic rings. The summed E-state index contributed by atoms with van der Waals surface area (Å²) in [5.74, 6) is 1.80. The lowest BCUT2D eigenvalue weighted by atomic mass is 10.2. The largest absolute Gasteiger partial charge is 0.497 e. The maximum atomic E-state index is 5.86. The van der Waals surface area contributed by atoms with E-state index in [1.54, 1.807) is 14.2 Å². The molecule has 0 atom stereocenters. The summed E-state index contributed by atoms with van der Waals surface area (Å²) in [5.41, 5.74) is 1.14. The number of benzene rings is 1. The van der Waals surface area contributed by atoms with Crippen molar-refractivity contribution in [2.24, 2.45) is 0 Å². The normalized spacial score (nSPS) is 10.6. The first-order valence-corrected chi connectivity index (χ1v) is 7.31. The minimum Gasteiger partial charge on any atom is -0.497 e. The van der Waals surface area contributed by atoms with Gasteiger partial charge in [0.25, 0.3) is 0 Å². The number of nitrogens with one attached hydrogen (secondary N) is 1. The number of methoxy groups -OCH3 is 2. The third-order valence-electron chi connectivity index (χ3n) is 3.01. The van der Waals surface area contributed by atoms with Gasteiger partial charge in [0, 0.05) is 25.8 Å². The highest BCUT2D eigenvalue weighted by atomic mass is 16.5. The standard InChI is InChI=1S/C16H27NO3/c1-4-9-17-13-14-12-15(19-3)7-8-16(14)20-11-6-5-10-18-2/h7-8,12,17H,4-6,9-11,13H2,1-3H3. The fraction of sp³-hybridized carbons (Fsp3) is 0.625. The summed E-state index contributed by atoms with van der Waals surface area (Å²) in [4.78, 5) is 0. The fourth-order valence-electron chi connectivity index (χ4n) is 1.89. The number of ether oxygens (including phenoxy) is 3. The van der Waals surface area contributed by atoms with Crippen LogP contribution in [0.15, 0.2) is 18.2 Å². The molecule has 0 aliphatic carbocycles. The van der Waals surface area contributed by atoms with Crippen molar-refractivity contribution in [3.8, 4) is 11.5 Å². The van der Waals surface area contributed by atoms with Gasteiger partial charge in [0.2, 0.25) is 0 Å². The Balaban J connectivity index is 2.53. The maximum absolute atomic E-state index is 5.86. The summed E-state index contributed by atoms with van der Waals surface area (Å²) in [6.45, 7) is 5.47. The van der Waals surface area contributed by atoms with Gasteiger partial charge in [-0.25, -0.2) is 0 Å². The van der Waals surface area contributed by atoms with Crippen LogP contribution in [0.2, 0.25) is 0 Å². The highest BCUT2D eigenvalue weighted by molar-refractivity contribution is 5.40. The Kier molecular flexibility index (Phi) is 8.83. The number of hydrogen-bond acceptors (Lipinski definition) is 4. The summed E-state index contributed by atoms with van der Waals surface area (Å²) < 4.78 is 16.2. The third-order valence-corrected chi connectivity index (χ3v) is 3.01. The van der Waals surface area contributed by atoms with Crippen molar-refractivity contribution >= 4 is 0 Å². The Labute approximate surface area is 122 Å². The van der Waals surface area contributed by atoms with Gasteiger partial charge in [-0.1, -0.05) is 6.92 Å². The summed E-state index contributed by atoms with van der Waals surface area (Å²) in [6, 6.07) is 5.96. The van der Waals surface area contributed by atoms with Crippen LogP contribution in [0.1, 0.15) is 31.7 Å². The molecule has 1 rings (SSSR count). The molecular formula is C16H27NO3. The zero-order chi connectivity index (χ0) is 14.6. The number of unbranched alkanes of at least 4 members (excludes halogenated alkanes) is 1. The van der Waals surface area contributed by atoms with E-state index in [1.165, 1.54) is 0 Å². The van der Waals surface area contributed by atoms with Crippen LogP contribution in [0.4, 0.5) is 0 Å². The van der Waals surface area contributed by atoms with Crippen molar-refractivity contribution in [3.05, 3.63) is 23.8 Å². The van der Waals surface area contributed by atoms with E-state index in [0.717, 1.165) is 62.6 Å². The molecule has 114 valence electrons. The first kappa shape index (κ1) is 16.8. The molecule has 1 aromatic rings. The molecule has 0 saturated heterocycles. The highest BCUT2D eigenvalue weighted by Gasteiger charge is 2.05. The van der Waals surface area contributed by atoms with Gasteiger partial charge in [0.05, 0.1) is 13.7 Å². The number of hydrogen-bond donors (Lipinski definition) is 1. The average molecular weight is 281 g/mol. The Bertz CT molecular complexity index is 369. The summed E-state index contributed by atoms with van der Waals surface area (Å²) >= 11 is 0. The second-order valence-corrected chi connectivity index (χ2v) is 4.70. The van der Waals surface area contributed by atoms with Crippen LogP contribution in [0.5, 0.6) is 11.5 Å². The molecule has 0 saturated carbocycles. The Morgan fingerprint density at radius 3 is 2.60 bits per heavy atom. The van der Waals surface area contributed by atoms with Crippen LogP contribution in [0.3, 0.4) is 0 Å². The number of rotatable bonds is 11. The van der Waals surface area contributed by atoms with Crippen molar-refractivity contribution in [1.82, 2.24) is 5.32 Å². The maximum Gasteiger partial charge on any atom is 0.124 e. The van der Waals surface area contributed by atoms with Crippen molar-refractivity contribution in [3.63, 3.8) is 0 Å². The Hall–Kier alpha value is -1.26. The zero-order valence-corrected chi connectivity index (χ0v) is 12.9. The van der Waals surface area contributed by atoms with Crippen molar-refractivity contribution in [2.45, 2.75) is 32.7 Å². The van der Waals surface area contributed by atoms with Gasteiger partial charge in [0.1, 0.15) is 11.5 Å². The van der Waals surface area contributed by atoms with Crippen molar-refractivity contribution < 1.29 is 14.2 Å². The van der Waals surface area contributed by atoms with E-state index in [4.69, 9.17) is 14.2 Å². The first-order chi connectivity index (χ1) is 9.81. The predicted octanol–water partition coefficient (Wildman–Crippen LogP) is 3.00. The summed E-state index contributed by atoms with van der Waals surface area (Å²) in [6.07, 6.45) is 3.15. The molecule has 1 aromatic carbocycles. The van der Waals surface area contributed by atoms with Gasteiger partial charge in [-0.2, -0.15) is 0 Å². The Morgan fingerprint density at radius 2 is 1.90 bits per heavy atom. The van der Waals surface area contributed by atoms with E-state index >= 15 is 0 Å². The molecular weight excluding hydrogens is 254 g/mol. The summed E-state index contributed by atoms with van der Waals surface area (Å²) in [7, 11) is 3.41. The van der Waals surface area contributed by atoms with Crippen molar-refractivity contribution in [1.29, 1.82) is 0 Å². The van der Waals surface area contributed by atoms with E-state index in [0.29, 0.717) is 0 Å². The monoisotopic (exact) mass is 281 g/mol. The smallest absolute Gasteiger partial charge is 0.124 e. The minimum atomic E-state index is 0.719. The molecule has 20 heavy (non-hydrogen) atoms. The second kappa shape index (κ2) is 10.5. The molecule has 0 amide bonds. The van der Waals surface area contributed by atoms with Gasteiger partial charge in [0.15, 0.2) is 0 Å². The molecule has 0 heterocycles. The predicted molar refractivity (Wildman–Crippen MR) is 81.6 cm³/mol. The average Bonchev–Trinajstić information content (AvgIpc) is 2.48. The van der Waals surface area contributed by atoms with Crippen LogP contribution in [-0.2, 0) is 11.3 Å². The molecule has 0 spiro atoms. The Morgan fingerprint density at radius 1 is 1.10 bits per heavy atom. The molecule has 4 heteroatoms. The highest BCUT2D eigenvalue weighted by Crippen LogP contribution is 2.24. The minimum absolute atomic E-state index is 0.719. The SMILES string of the molecule is CCCNCc1cc(OC)ccc1OCCCCOC. The van der Waals surface area contributed by atoms with E-state index in [2.05, 4.69) is 12.2 Å². The van der Waals surface area contributed by atoms with Gasteiger partial charge in [-0.3, -0.25) is 0 Å². The topological polar surface area (TPSA) is 39.7 Å². The van der Waals surface area contributed by atoms with Crippen molar-refractivity contribution in [2.75, 3.05) is 34.0 Å². The van der Waals surface area contributed by atoms with Gasteiger partial charge in [-0.15, -0.1) is 0 Å². The molecule has 0 unspecified atom stereocenters. The van der Waals surface area contributed by atoms with Gasteiger partial charge < -0.3 is 19.5 Å². The lowest BCUT2D eigenvalue weighted by Crippen LogP contribution is -2.15. The van der Waals surface area contributed by atoms with Gasteiger partial charge >= 0.3 is 0 Å². The van der Waals surface area contributed by atoms with Gasteiger partial charge in [-0.05, 0) is 44.0 Å². The second-order valence-electron chi connectivity index (χ2n) is 4.70. The van der Waals surface area contributed by atoms with E-state index in [9.17, 15) is 0 Å². The summed E-state index contributed by atoms with van der Waals surface area (Å²) in [5, 5.41) is 3.40. The quantitative estimate of drug-likeness (QED) is 0.633. The molecule has 0 radical (unpaired) electrons. The third kappa shape index (κ3) is 6.26. The first-order valence-electron chi connectivity index (χ1n) is 7.31. The lowest BCUT2D eigenvalue weighted by Gasteiger charge is -2.13. The van der Waals surface area contributed by atoms with E-state index in [-0.39, 0.29) is 0 Å². The van der Waals surface area contributed by atoms with Crippen LogP contribution in [0.25, 0.3) is 0 Å². The molecule has 4 nitrogen and oxygen atoms in total. The van der Waals surface area contributed by atoms with Crippen LogP contribution >= 0.6 is 0 Å². The van der Waals surface area contributed by atoms with Crippen LogP contribution < -0.4 is 14.8 Å². The molecule has 0 aliphatic heterocycles. The van der Waals surface area contributed by atoms with Crippen LogP contribution in [-0.4, -0.2) is 34.0 Å². The van der Waals surface area contributed by atoms with E-state index < -0.39 is 0 Å². The van der Waals surface area contributed by atoms with E-state index in [1.807, 2.05) is 18.2 Å². The lowest BCUT2D eigenvalue weighted by molar-refractivity contribution is 0.184. The zero-order valence-electron chi connectivity index (χ0n) is 12.9. The molecule has 0 fully saturated rings. The molecule has 0 bridgehead atoms. The molecule has 1 N–H and O–H groups in total. The molecule has 0 aromatic heterocycles. The fourth-order valence-corrected chi connectivity index (χ4v) is 1.89.